The van der Waals surface area contributed by atoms with Gasteiger partial charge in [0.2, 0.25) is 0 Å². The molecule has 2 aromatic heterocycles. The summed E-state index contributed by atoms with van der Waals surface area (Å²) in [5, 5.41) is 0. The zero-order valence-corrected chi connectivity index (χ0v) is 20.0. The summed E-state index contributed by atoms with van der Waals surface area (Å²) in [6.45, 7) is 6.16. The van der Waals surface area contributed by atoms with Crippen LogP contribution in [0.25, 0.3) is 33.9 Å². The van der Waals surface area contributed by atoms with E-state index in [-0.39, 0.29) is 0 Å². The van der Waals surface area contributed by atoms with Crippen LogP contribution in [-0.4, -0.2) is 35.0 Å². The Morgan fingerprint density at radius 2 is 1.68 bits per heavy atom. The lowest BCUT2D eigenvalue weighted by Crippen LogP contribution is -2.22. The molecule has 0 radical (unpaired) electrons. The van der Waals surface area contributed by atoms with E-state index in [1.54, 1.807) is 7.11 Å². The van der Waals surface area contributed by atoms with Crippen molar-refractivity contribution in [2.24, 2.45) is 5.41 Å². The molecule has 174 valence electrons. The van der Waals surface area contributed by atoms with Crippen molar-refractivity contribution in [2.45, 2.75) is 27.2 Å². The minimum absolute atomic E-state index is 0.338. The number of rotatable bonds is 9. The number of methoxy groups -OCH3 is 1. The average Bonchev–Trinajstić information content (AvgIpc) is 3.37. The molecule has 0 aliphatic carbocycles. The number of H-pyrrole nitrogens is 1. The van der Waals surface area contributed by atoms with E-state index >= 15 is 0 Å². The molecular weight excluding hydrogens is 426 g/mol. The van der Waals surface area contributed by atoms with Crippen molar-refractivity contribution in [3.63, 3.8) is 0 Å². The predicted octanol–water partition coefficient (Wildman–Crippen LogP) is 5.98. The summed E-state index contributed by atoms with van der Waals surface area (Å²) in [6.07, 6.45) is 5.49. The second kappa shape index (κ2) is 9.91. The van der Waals surface area contributed by atoms with E-state index in [1.807, 2.05) is 68.7 Å². The van der Waals surface area contributed by atoms with E-state index in [1.165, 1.54) is 5.56 Å². The number of hydrogen-bond donors (Lipinski definition) is 1. The Balaban J connectivity index is 1.49. The monoisotopic (exact) mass is 455 g/mol. The maximum absolute atomic E-state index is 11.0. The normalized spacial score (nSPS) is 11.3. The largest absolute Gasteiger partial charge is 0.497 e. The summed E-state index contributed by atoms with van der Waals surface area (Å²) >= 11 is 0. The van der Waals surface area contributed by atoms with Gasteiger partial charge >= 0.3 is 0 Å². The number of imidazole rings is 1. The molecule has 0 aliphatic rings. The summed E-state index contributed by atoms with van der Waals surface area (Å²) in [6, 6.07) is 17.8. The number of nitrogens with one attached hydrogen (secondary N) is 1. The lowest BCUT2D eigenvalue weighted by Gasteiger charge is -2.17. The van der Waals surface area contributed by atoms with Crippen molar-refractivity contribution in [1.82, 2.24) is 15.0 Å². The lowest BCUT2D eigenvalue weighted by molar-refractivity contribution is -0.116. The van der Waals surface area contributed by atoms with Crippen LogP contribution in [0.4, 0.5) is 0 Å². The number of carbonyl (C=O) groups is 1. The molecule has 2 heterocycles. The molecule has 0 saturated carbocycles. The van der Waals surface area contributed by atoms with Gasteiger partial charge in [0.15, 0.2) is 0 Å². The molecule has 6 nitrogen and oxygen atoms in total. The van der Waals surface area contributed by atoms with Crippen LogP contribution in [0.3, 0.4) is 0 Å². The third-order valence-corrected chi connectivity index (χ3v) is 5.68. The third-order valence-electron chi connectivity index (χ3n) is 5.68. The highest BCUT2D eigenvalue weighted by Crippen LogP contribution is 2.29. The Morgan fingerprint density at radius 3 is 2.32 bits per heavy atom. The van der Waals surface area contributed by atoms with Crippen LogP contribution in [-0.2, 0) is 11.2 Å². The van der Waals surface area contributed by atoms with Gasteiger partial charge in [0, 0.05) is 22.9 Å². The van der Waals surface area contributed by atoms with Crippen LogP contribution in [0.2, 0.25) is 0 Å². The van der Waals surface area contributed by atoms with Gasteiger partial charge in [-0.3, -0.25) is 4.98 Å². The van der Waals surface area contributed by atoms with Crippen LogP contribution in [0.5, 0.6) is 11.5 Å². The minimum Gasteiger partial charge on any atom is -0.497 e. The molecule has 4 rings (SSSR count). The van der Waals surface area contributed by atoms with Crippen LogP contribution in [0, 0.1) is 5.41 Å². The van der Waals surface area contributed by atoms with Gasteiger partial charge in [-0.15, -0.1) is 0 Å². The molecule has 0 atom stereocenters. The first-order valence-corrected chi connectivity index (χ1v) is 11.3. The molecule has 34 heavy (non-hydrogen) atoms. The zero-order valence-electron chi connectivity index (χ0n) is 20.0. The number of carbonyl (C=O) groups excluding carboxylic acids is 1. The maximum atomic E-state index is 11.0. The van der Waals surface area contributed by atoms with Crippen LogP contribution >= 0.6 is 0 Å². The Hall–Kier alpha value is -3.93. The van der Waals surface area contributed by atoms with Crippen molar-refractivity contribution in [2.75, 3.05) is 13.7 Å². The topological polar surface area (TPSA) is 77.1 Å². The van der Waals surface area contributed by atoms with Gasteiger partial charge in [-0.25, -0.2) is 4.98 Å². The Kier molecular flexibility index (Phi) is 6.77. The van der Waals surface area contributed by atoms with Crippen LogP contribution in [0.15, 0.2) is 67.0 Å². The Morgan fingerprint density at radius 1 is 0.941 bits per heavy atom. The lowest BCUT2D eigenvalue weighted by atomic mass is 9.98. The quantitative estimate of drug-likeness (QED) is 0.314. The smallest absolute Gasteiger partial charge is 0.139 e. The summed E-state index contributed by atoms with van der Waals surface area (Å²) in [7, 11) is 1.68. The number of aryl methyl sites for hydroxylation is 1. The summed E-state index contributed by atoms with van der Waals surface area (Å²) in [5.74, 6) is 2.35. The Bertz CT molecular complexity index is 1260. The fraction of sp³-hybridized carbons (Fsp3) is 0.250. The van der Waals surface area contributed by atoms with Gasteiger partial charge in [0.25, 0.3) is 0 Å². The number of nitrogens with zero attached hydrogens (tertiary/aromatic N) is 2. The van der Waals surface area contributed by atoms with E-state index in [0.29, 0.717) is 6.61 Å². The fourth-order valence-corrected chi connectivity index (χ4v) is 3.59. The second-order valence-corrected chi connectivity index (χ2v) is 8.87. The first kappa shape index (κ1) is 23.2. The SMILES string of the molecule is CCc1cc(OC)ccc1-c1cnc(-c2ccc(-c3ccc(OCC(C)(C)C=O)cc3)nc2)[nH]1. The Labute approximate surface area is 200 Å². The molecule has 4 aromatic rings. The number of aromatic amines is 1. The molecule has 0 spiro atoms. The van der Waals surface area contributed by atoms with Gasteiger partial charge in [-0.05, 0) is 80.4 Å². The number of aromatic nitrogens is 3. The molecule has 0 bridgehead atoms. The molecule has 0 saturated heterocycles. The van der Waals surface area contributed by atoms with E-state index in [0.717, 1.165) is 58.1 Å². The van der Waals surface area contributed by atoms with Gasteiger partial charge in [0.05, 0.1) is 36.7 Å². The molecule has 2 aromatic carbocycles. The van der Waals surface area contributed by atoms with Crippen LogP contribution in [0.1, 0.15) is 26.3 Å². The summed E-state index contributed by atoms with van der Waals surface area (Å²) in [4.78, 5) is 23.7. The number of aldehydes is 1. The van der Waals surface area contributed by atoms with E-state index in [4.69, 9.17) is 9.47 Å². The van der Waals surface area contributed by atoms with E-state index < -0.39 is 5.41 Å². The second-order valence-electron chi connectivity index (χ2n) is 8.87. The van der Waals surface area contributed by atoms with Crippen molar-refractivity contribution >= 4 is 6.29 Å². The highest BCUT2D eigenvalue weighted by molar-refractivity contribution is 5.69. The molecule has 0 aliphatic heterocycles. The maximum Gasteiger partial charge on any atom is 0.139 e. The first-order chi connectivity index (χ1) is 16.4. The summed E-state index contributed by atoms with van der Waals surface area (Å²) < 4.78 is 11.1. The summed E-state index contributed by atoms with van der Waals surface area (Å²) in [5.41, 5.74) is 5.53. The first-order valence-electron chi connectivity index (χ1n) is 11.3. The highest BCUT2D eigenvalue weighted by atomic mass is 16.5. The van der Waals surface area contributed by atoms with Crippen molar-refractivity contribution < 1.29 is 14.3 Å². The molecule has 0 amide bonds. The van der Waals surface area contributed by atoms with Crippen molar-refractivity contribution in [1.29, 1.82) is 0 Å². The number of pyridine rings is 1. The van der Waals surface area contributed by atoms with Crippen LogP contribution < -0.4 is 9.47 Å². The van der Waals surface area contributed by atoms with Crippen molar-refractivity contribution in [3.8, 4) is 45.4 Å². The van der Waals surface area contributed by atoms with Gasteiger partial charge in [-0.2, -0.15) is 0 Å². The number of ether oxygens (including phenoxy) is 2. The van der Waals surface area contributed by atoms with Gasteiger partial charge < -0.3 is 19.3 Å². The van der Waals surface area contributed by atoms with Crippen molar-refractivity contribution in [3.05, 3.63) is 72.6 Å². The molecule has 0 unspecified atom stereocenters. The fourth-order valence-electron chi connectivity index (χ4n) is 3.59. The zero-order chi connectivity index (χ0) is 24.1. The molecule has 6 heteroatoms. The standard InChI is InChI=1S/C28H29N3O3/c1-5-19-14-23(33-4)11-12-24(19)26-16-30-27(31-26)21-8-13-25(29-15-21)20-6-9-22(10-7-20)34-18-28(2,3)17-32/h6-17H,5,18H2,1-4H3,(H,30,31). The van der Waals surface area contributed by atoms with Gasteiger partial charge in [-0.1, -0.05) is 6.92 Å². The molecule has 0 fully saturated rings. The predicted molar refractivity (Wildman–Crippen MR) is 134 cm³/mol. The molecular formula is C28H29N3O3. The number of benzene rings is 2. The molecule has 1 N–H and O–H groups in total. The minimum atomic E-state index is -0.507. The van der Waals surface area contributed by atoms with Gasteiger partial charge in [0.1, 0.15) is 23.6 Å². The number of hydrogen-bond acceptors (Lipinski definition) is 5. The van der Waals surface area contributed by atoms with E-state index in [9.17, 15) is 4.79 Å². The average molecular weight is 456 g/mol. The third kappa shape index (κ3) is 5.17. The highest BCUT2D eigenvalue weighted by Gasteiger charge is 2.17. The van der Waals surface area contributed by atoms with E-state index in [2.05, 4.69) is 34.0 Å².